The smallest absolute Gasteiger partial charge is 0.223 e. The summed E-state index contributed by atoms with van der Waals surface area (Å²) in [5, 5.41) is 11.6. The van der Waals surface area contributed by atoms with Crippen molar-refractivity contribution in [1.82, 2.24) is 30.2 Å². The predicted molar refractivity (Wildman–Crippen MR) is 88.8 cm³/mol. The summed E-state index contributed by atoms with van der Waals surface area (Å²) in [7, 11) is 0. The second kappa shape index (κ2) is 7.02. The van der Waals surface area contributed by atoms with Gasteiger partial charge in [-0.25, -0.2) is 9.67 Å². The van der Waals surface area contributed by atoms with E-state index < -0.39 is 0 Å². The highest BCUT2D eigenvalue weighted by Gasteiger charge is 2.19. The molecule has 0 saturated heterocycles. The van der Waals surface area contributed by atoms with Gasteiger partial charge in [-0.1, -0.05) is 17.3 Å². The molecule has 0 bridgehead atoms. The molecule has 3 aromatic rings. The monoisotopic (exact) mass is 340 g/mol. The van der Waals surface area contributed by atoms with Crippen molar-refractivity contribution in [3.05, 3.63) is 53.7 Å². The van der Waals surface area contributed by atoms with Crippen LogP contribution < -0.4 is 10.1 Å². The number of hydrogen-bond donors (Lipinski definition) is 1. The van der Waals surface area contributed by atoms with Gasteiger partial charge in [0.1, 0.15) is 17.9 Å². The lowest BCUT2D eigenvalue weighted by Crippen LogP contribution is -2.37. The Kier molecular flexibility index (Phi) is 4.43. The van der Waals surface area contributed by atoms with Crippen molar-refractivity contribution in [3.63, 3.8) is 0 Å². The number of aryl methyl sites for hydroxylation is 2. The van der Waals surface area contributed by atoms with Crippen LogP contribution in [0.25, 0.3) is 0 Å². The Morgan fingerprint density at radius 2 is 2.20 bits per heavy atom. The van der Waals surface area contributed by atoms with E-state index in [0.29, 0.717) is 24.4 Å². The fourth-order valence-electron chi connectivity index (χ4n) is 2.92. The highest BCUT2D eigenvalue weighted by molar-refractivity contribution is 5.27. The summed E-state index contributed by atoms with van der Waals surface area (Å²) < 4.78 is 12.6. The number of rotatable bonds is 6. The van der Waals surface area contributed by atoms with Gasteiger partial charge in [0.15, 0.2) is 6.61 Å². The van der Waals surface area contributed by atoms with E-state index >= 15 is 0 Å². The Bertz CT molecular complexity index is 826. The lowest BCUT2D eigenvalue weighted by molar-refractivity contribution is 0.285. The number of nitrogens with one attached hydrogen (secondary N) is 1. The van der Waals surface area contributed by atoms with Crippen molar-refractivity contribution in [1.29, 1.82) is 0 Å². The molecule has 8 nitrogen and oxygen atoms in total. The zero-order valence-electron chi connectivity index (χ0n) is 14.1. The fourth-order valence-corrected chi connectivity index (χ4v) is 2.92. The van der Waals surface area contributed by atoms with Crippen LogP contribution in [0.5, 0.6) is 5.75 Å². The molecule has 2 aromatic heterocycles. The van der Waals surface area contributed by atoms with E-state index in [0.717, 1.165) is 37.5 Å². The maximum Gasteiger partial charge on any atom is 0.223 e. The number of hydrogen-bond acceptors (Lipinski definition) is 7. The molecule has 1 aliphatic rings. The van der Waals surface area contributed by atoms with Gasteiger partial charge in [-0.05, 0) is 24.1 Å². The summed E-state index contributed by atoms with van der Waals surface area (Å²) in [6.45, 7) is 3.76. The summed E-state index contributed by atoms with van der Waals surface area (Å²) in [5.74, 6) is 2.96. The summed E-state index contributed by atoms with van der Waals surface area (Å²) >= 11 is 0. The molecule has 130 valence electrons. The van der Waals surface area contributed by atoms with Crippen LogP contribution in [0.1, 0.15) is 29.5 Å². The van der Waals surface area contributed by atoms with E-state index in [1.165, 1.54) is 5.56 Å². The average Bonchev–Trinajstić information content (AvgIpc) is 3.27. The van der Waals surface area contributed by atoms with Gasteiger partial charge in [-0.15, -0.1) is 0 Å². The first-order chi connectivity index (χ1) is 12.3. The second-order valence-corrected chi connectivity index (χ2v) is 6.14. The quantitative estimate of drug-likeness (QED) is 0.729. The Morgan fingerprint density at radius 1 is 1.32 bits per heavy atom. The van der Waals surface area contributed by atoms with Crippen LogP contribution in [0, 0.1) is 6.92 Å². The molecular weight excluding hydrogens is 320 g/mol. The first-order valence-corrected chi connectivity index (χ1v) is 8.37. The van der Waals surface area contributed by atoms with Crippen LogP contribution in [0.15, 0.2) is 35.1 Å². The molecule has 0 aliphatic carbocycles. The van der Waals surface area contributed by atoms with Crippen LogP contribution in [0.3, 0.4) is 0 Å². The lowest BCUT2D eigenvalue weighted by atomic mass is 10.1. The van der Waals surface area contributed by atoms with Gasteiger partial charge in [0.2, 0.25) is 11.7 Å². The average molecular weight is 340 g/mol. The maximum absolute atomic E-state index is 5.66. The number of aromatic nitrogens is 5. The van der Waals surface area contributed by atoms with Crippen LogP contribution in [-0.2, 0) is 26.1 Å². The molecule has 4 rings (SSSR count). The highest BCUT2D eigenvalue weighted by atomic mass is 16.5. The standard InChI is InChI=1S/C17H20N6O2/c1-12-21-16(22-25-12)10-24-15-5-2-13(3-6-15)8-18-14-4-7-17-19-11-20-23(17)9-14/h2-3,5-6,11,14,18H,4,7-10H2,1H3/t14-/m1/s1. The minimum Gasteiger partial charge on any atom is -0.485 e. The van der Waals surface area contributed by atoms with Crippen LogP contribution >= 0.6 is 0 Å². The van der Waals surface area contributed by atoms with Crippen molar-refractivity contribution in [3.8, 4) is 5.75 Å². The molecule has 0 spiro atoms. The van der Waals surface area contributed by atoms with Crippen LogP contribution in [-0.4, -0.2) is 30.9 Å². The zero-order valence-corrected chi connectivity index (χ0v) is 14.1. The van der Waals surface area contributed by atoms with Crippen molar-refractivity contribution in [2.24, 2.45) is 0 Å². The van der Waals surface area contributed by atoms with Crippen molar-refractivity contribution < 1.29 is 9.26 Å². The minimum absolute atomic E-state index is 0.303. The predicted octanol–water partition coefficient (Wildman–Crippen LogP) is 1.65. The highest BCUT2D eigenvalue weighted by Crippen LogP contribution is 2.15. The third-order valence-corrected chi connectivity index (χ3v) is 4.26. The molecule has 0 fully saturated rings. The van der Waals surface area contributed by atoms with Gasteiger partial charge in [-0.2, -0.15) is 10.1 Å². The normalized spacial score (nSPS) is 16.6. The zero-order chi connectivity index (χ0) is 17.1. The first kappa shape index (κ1) is 15.8. The van der Waals surface area contributed by atoms with Crippen molar-refractivity contribution in [2.75, 3.05) is 0 Å². The minimum atomic E-state index is 0.303. The van der Waals surface area contributed by atoms with Gasteiger partial charge in [-0.3, -0.25) is 0 Å². The van der Waals surface area contributed by atoms with E-state index in [1.807, 2.05) is 16.8 Å². The molecule has 8 heteroatoms. The molecule has 1 atom stereocenters. The molecule has 0 saturated carbocycles. The second-order valence-electron chi connectivity index (χ2n) is 6.14. The Labute approximate surface area is 145 Å². The largest absolute Gasteiger partial charge is 0.485 e. The van der Waals surface area contributed by atoms with E-state index in [1.54, 1.807) is 13.3 Å². The van der Waals surface area contributed by atoms with E-state index in [4.69, 9.17) is 9.26 Å². The SMILES string of the molecule is Cc1nc(COc2ccc(CN[C@@H]3CCc4ncnn4C3)cc2)no1. The fraction of sp³-hybridized carbons (Fsp3) is 0.412. The van der Waals surface area contributed by atoms with Gasteiger partial charge < -0.3 is 14.6 Å². The van der Waals surface area contributed by atoms with Gasteiger partial charge in [0.25, 0.3) is 0 Å². The lowest BCUT2D eigenvalue weighted by Gasteiger charge is -2.23. The Morgan fingerprint density at radius 3 is 3.00 bits per heavy atom. The van der Waals surface area contributed by atoms with Crippen LogP contribution in [0.4, 0.5) is 0 Å². The molecule has 1 aromatic carbocycles. The van der Waals surface area contributed by atoms with Gasteiger partial charge >= 0.3 is 0 Å². The number of benzene rings is 1. The molecule has 0 amide bonds. The number of nitrogens with zero attached hydrogens (tertiary/aromatic N) is 5. The molecule has 1 N–H and O–H groups in total. The topological polar surface area (TPSA) is 90.9 Å². The number of ether oxygens (including phenoxy) is 1. The van der Waals surface area contributed by atoms with E-state index in [-0.39, 0.29) is 0 Å². The molecule has 25 heavy (non-hydrogen) atoms. The van der Waals surface area contributed by atoms with E-state index in [9.17, 15) is 0 Å². The summed E-state index contributed by atoms with van der Waals surface area (Å²) in [6, 6.07) is 8.47. The number of fused-ring (bicyclic) bond motifs is 1. The maximum atomic E-state index is 5.66. The third-order valence-electron chi connectivity index (χ3n) is 4.26. The first-order valence-electron chi connectivity index (χ1n) is 8.37. The summed E-state index contributed by atoms with van der Waals surface area (Å²) in [5.41, 5.74) is 1.21. The van der Waals surface area contributed by atoms with Crippen molar-refractivity contribution in [2.45, 2.75) is 45.5 Å². The molecule has 1 aliphatic heterocycles. The van der Waals surface area contributed by atoms with Crippen molar-refractivity contribution >= 4 is 0 Å². The van der Waals surface area contributed by atoms with Crippen LogP contribution in [0.2, 0.25) is 0 Å². The van der Waals surface area contributed by atoms with Gasteiger partial charge in [0, 0.05) is 25.9 Å². The molecular formula is C17H20N6O2. The molecule has 3 heterocycles. The molecule has 0 radical (unpaired) electrons. The van der Waals surface area contributed by atoms with E-state index in [2.05, 4.69) is 37.7 Å². The summed E-state index contributed by atoms with van der Waals surface area (Å²) in [4.78, 5) is 8.37. The third kappa shape index (κ3) is 3.85. The van der Waals surface area contributed by atoms with Gasteiger partial charge in [0.05, 0.1) is 6.54 Å². The Balaban J connectivity index is 1.26. The molecule has 0 unspecified atom stereocenters. The Hall–Kier alpha value is -2.74. The summed E-state index contributed by atoms with van der Waals surface area (Å²) in [6.07, 6.45) is 3.69.